The fourth-order valence-electron chi connectivity index (χ4n) is 1.48. The molecule has 0 saturated carbocycles. The number of ether oxygens (including phenoxy) is 1. The summed E-state index contributed by atoms with van der Waals surface area (Å²) in [4.78, 5) is 10.6. The van der Waals surface area contributed by atoms with Crippen LogP contribution < -0.4 is 10.5 Å². The summed E-state index contributed by atoms with van der Waals surface area (Å²) in [6.45, 7) is 1.80. The van der Waals surface area contributed by atoms with Gasteiger partial charge < -0.3 is 15.6 Å². The van der Waals surface area contributed by atoms with Crippen molar-refractivity contribution in [3.63, 3.8) is 0 Å². The van der Waals surface area contributed by atoms with Crippen molar-refractivity contribution in [1.29, 1.82) is 0 Å². The van der Waals surface area contributed by atoms with Crippen LogP contribution in [0.5, 0.6) is 5.88 Å². The van der Waals surface area contributed by atoms with Crippen LogP contribution in [0.15, 0.2) is 0 Å². The van der Waals surface area contributed by atoms with Crippen molar-refractivity contribution in [3.05, 3.63) is 11.3 Å². The number of aryl methyl sites for hydroxylation is 2. The molecule has 3 N–H and O–H groups in total. The Morgan fingerprint density at radius 2 is 2.33 bits per heavy atom. The van der Waals surface area contributed by atoms with Crippen molar-refractivity contribution >= 4 is 5.97 Å². The highest BCUT2D eigenvalue weighted by atomic mass is 16.5. The molecule has 1 aromatic rings. The lowest BCUT2D eigenvalue weighted by Crippen LogP contribution is -2.32. The van der Waals surface area contributed by atoms with E-state index in [9.17, 15) is 4.79 Å². The van der Waals surface area contributed by atoms with Gasteiger partial charge in [-0.1, -0.05) is 0 Å². The average Bonchev–Trinajstić information content (AvgIpc) is 2.41. The Kier molecular flexibility index (Phi) is 3.31. The molecule has 84 valence electrons. The van der Waals surface area contributed by atoms with Gasteiger partial charge in [0.2, 0.25) is 5.88 Å². The molecule has 0 aliphatic carbocycles. The van der Waals surface area contributed by atoms with Crippen LogP contribution in [0, 0.1) is 6.92 Å². The molecule has 1 aromatic heterocycles. The number of rotatable bonds is 4. The highest BCUT2D eigenvalue weighted by Crippen LogP contribution is 2.21. The third-order valence-corrected chi connectivity index (χ3v) is 2.22. The third-order valence-electron chi connectivity index (χ3n) is 2.22. The first kappa shape index (κ1) is 11.5. The van der Waals surface area contributed by atoms with Gasteiger partial charge in [0.1, 0.15) is 6.04 Å². The lowest BCUT2D eigenvalue weighted by molar-refractivity contribution is -0.138. The Morgan fingerprint density at radius 1 is 1.73 bits per heavy atom. The largest absolute Gasteiger partial charge is 0.481 e. The summed E-state index contributed by atoms with van der Waals surface area (Å²) in [5, 5.41) is 12.8. The van der Waals surface area contributed by atoms with E-state index in [0.29, 0.717) is 5.88 Å². The standard InChI is InChI=1S/C9H15N3O3/c1-5-6(4-7(10)9(13)14)8(15-3)12(2)11-5/h7H,4,10H2,1-3H3,(H,13,14)/t7-/m0/s1. The molecule has 6 nitrogen and oxygen atoms in total. The number of methoxy groups -OCH3 is 1. The van der Waals surface area contributed by atoms with Gasteiger partial charge in [0.05, 0.1) is 12.8 Å². The fraction of sp³-hybridized carbons (Fsp3) is 0.556. The number of nitrogens with zero attached hydrogens (tertiary/aromatic N) is 2. The molecule has 0 saturated heterocycles. The lowest BCUT2D eigenvalue weighted by atomic mass is 10.1. The molecule has 0 aromatic carbocycles. The highest BCUT2D eigenvalue weighted by molar-refractivity contribution is 5.73. The van der Waals surface area contributed by atoms with E-state index in [0.717, 1.165) is 11.3 Å². The van der Waals surface area contributed by atoms with Gasteiger partial charge in [-0.05, 0) is 6.92 Å². The Balaban J connectivity index is 2.98. The second kappa shape index (κ2) is 4.31. The van der Waals surface area contributed by atoms with Crippen molar-refractivity contribution in [2.45, 2.75) is 19.4 Å². The fourth-order valence-corrected chi connectivity index (χ4v) is 1.48. The van der Waals surface area contributed by atoms with E-state index in [1.54, 1.807) is 18.7 Å². The Hall–Kier alpha value is -1.56. The molecule has 1 atom stereocenters. The van der Waals surface area contributed by atoms with Crippen molar-refractivity contribution in [3.8, 4) is 5.88 Å². The Morgan fingerprint density at radius 3 is 2.80 bits per heavy atom. The molecule has 0 fully saturated rings. The molecular formula is C9H15N3O3. The SMILES string of the molecule is COc1c(C[C@H](N)C(=O)O)c(C)nn1C. The molecule has 0 spiro atoms. The van der Waals surface area contributed by atoms with Gasteiger partial charge in [0, 0.05) is 19.0 Å². The maximum atomic E-state index is 10.6. The van der Waals surface area contributed by atoms with Gasteiger partial charge in [-0.15, -0.1) is 0 Å². The smallest absolute Gasteiger partial charge is 0.320 e. The average molecular weight is 213 g/mol. The van der Waals surface area contributed by atoms with Crippen LogP contribution in [0.4, 0.5) is 0 Å². The molecule has 0 radical (unpaired) electrons. The predicted octanol–water partition coefficient (Wildman–Crippen LogP) is -0.308. The number of carboxylic acids is 1. The first-order valence-corrected chi connectivity index (χ1v) is 4.52. The summed E-state index contributed by atoms with van der Waals surface area (Å²) < 4.78 is 6.70. The summed E-state index contributed by atoms with van der Waals surface area (Å²) in [5.74, 6) is -0.468. The first-order valence-electron chi connectivity index (χ1n) is 4.52. The molecule has 0 aliphatic rings. The third kappa shape index (κ3) is 2.27. The molecule has 1 rings (SSSR count). The van der Waals surface area contributed by atoms with E-state index in [1.807, 2.05) is 0 Å². The Labute approximate surface area is 87.6 Å². The van der Waals surface area contributed by atoms with Crippen molar-refractivity contribution < 1.29 is 14.6 Å². The van der Waals surface area contributed by atoms with E-state index in [2.05, 4.69) is 5.10 Å². The molecular weight excluding hydrogens is 198 g/mol. The van der Waals surface area contributed by atoms with Gasteiger partial charge in [0.25, 0.3) is 0 Å². The summed E-state index contributed by atoms with van der Waals surface area (Å²) in [7, 11) is 3.26. The summed E-state index contributed by atoms with van der Waals surface area (Å²) in [5.41, 5.74) is 6.95. The van der Waals surface area contributed by atoms with Crippen LogP contribution in [-0.2, 0) is 18.3 Å². The zero-order chi connectivity index (χ0) is 11.6. The second-order valence-electron chi connectivity index (χ2n) is 3.35. The van der Waals surface area contributed by atoms with E-state index < -0.39 is 12.0 Å². The molecule has 0 aliphatic heterocycles. The normalized spacial score (nSPS) is 12.5. The minimum atomic E-state index is -1.03. The summed E-state index contributed by atoms with van der Waals surface area (Å²) >= 11 is 0. The van der Waals surface area contributed by atoms with Crippen LogP contribution in [0.25, 0.3) is 0 Å². The second-order valence-corrected chi connectivity index (χ2v) is 3.35. The number of hydrogen-bond donors (Lipinski definition) is 2. The molecule has 15 heavy (non-hydrogen) atoms. The van der Waals surface area contributed by atoms with Crippen molar-refractivity contribution in [2.24, 2.45) is 12.8 Å². The zero-order valence-corrected chi connectivity index (χ0v) is 9.02. The maximum absolute atomic E-state index is 10.6. The van der Waals surface area contributed by atoms with Crippen molar-refractivity contribution in [1.82, 2.24) is 9.78 Å². The van der Waals surface area contributed by atoms with E-state index in [4.69, 9.17) is 15.6 Å². The minimum Gasteiger partial charge on any atom is -0.481 e. The van der Waals surface area contributed by atoms with E-state index in [-0.39, 0.29) is 6.42 Å². The van der Waals surface area contributed by atoms with Crippen LogP contribution in [-0.4, -0.2) is 34.0 Å². The molecule has 1 heterocycles. The number of carbonyl (C=O) groups is 1. The molecule has 0 unspecified atom stereocenters. The van der Waals surface area contributed by atoms with Crippen LogP contribution in [0.3, 0.4) is 0 Å². The lowest BCUT2D eigenvalue weighted by Gasteiger charge is -2.07. The number of carboxylic acid groups (broad SMARTS) is 1. The van der Waals surface area contributed by atoms with Gasteiger partial charge in [-0.2, -0.15) is 5.10 Å². The zero-order valence-electron chi connectivity index (χ0n) is 9.02. The summed E-state index contributed by atoms with van der Waals surface area (Å²) in [6, 6.07) is -0.929. The maximum Gasteiger partial charge on any atom is 0.320 e. The quantitative estimate of drug-likeness (QED) is 0.716. The minimum absolute atomic E-state index is 0.220. The highest BCUT2D eigenvalue weighted by Gasteiger charge is 2.20. The van der Waals surface area contributed by atoms with Gasteiger partial charge >= 0.3 is 5.97 Å². The number of hydrogen-bond acceptors (Lipinski definition) is 4. The van der Waals surface area contributed by atoms with Crippen molar-refractivity contribution in [2.75, 3.05) is 7.11 Å². The number of aromatic nitrogens is 2. The molecule has 0 bridgehead atoms. The number of nitrogens with two attached hydrogens (primary N) is 1. The van der Waals surface area contributed by atoms with Gasteiger partial charge in [-0.3, -0.25) is 4.79 Å². The topological polar surface area (TPSA) is 90.4 Å². The molecule has 6 heteroatoms. The van der Waals surface area contributed by atoms with E-state index in [1.165, 1.54) is 7.11 Å². The van der Waals surface area contributed by atoms with Gasteiger partial charge in [0.15, 0.2) is 0 Å². The molecule has 0 amide bonds. The monoisotopic (exact) mass is 213 g/mol. The Bertz CT molecular complexity index is 373. The van der Waals surface area contributed by atoms with Crippen LogP contribution >= 0.6 is 0 Å². The van der Waals surface area contributed by atoms with Gasteiger partial charge in [-0.25, -0.2) is 4.68 Å². The van der Waals surface area contributed by atoms with Crippen LogP contribution in [0.2, 0.25) is 0 Å². The van der Waals surface area contributed by atoms with E-state index >= 15 is 0 Å². The van der Waals surface area contributed by atoms with Crippen LogP contribution in [0.1, 0.15) is 11.3 Å². The summed E-state index contributed by atoms with van der Waals surface area (Å²) in [6.07, 6.45) is 0.220. The number of aliphatic carboxylic acids is 1. The predicted molar refractivity (Wildman–Crippen MR) is 53.8 cm³/mol. The first-order chi connectivity index (χ1) is 6.97.